The first-order valence-electron chi connectivity index (χ1n) is 6.26. The molecule has 0 bridgehead atoms. The molecule has 2 aromatic heterocycles. The number of rotatable bonds is 3. The summed E-state index contributed by atoms with van der Waals surface area (Å²) in [6, 6.07) is 9.09. The highest BCUT2D eigenvalue weighted by Crippen LogP contribution is 2.22. The molecule has 2 N–H and O–H groups in total. The summed E-state index contributed by atoms with van der Waals surface area (Å²) >= 11 is 1.41. The number of carbonyl (C=O) groups is 1. The van der Waals surface area contributed by atoms with Gasteiger partial charge < -0.3 is 5.73 Å². The van der Waals surface area contributed by atoms with Crippen LogP contribution in [0.4, 0.5) is 0 Å². The maximum Gasteiger partial charge on any atom is 0.212 e. The Hall–Kier alpha value is -2.11. The lowest BCUT2D eigenvalue weighted by Crippen LogP contribution is -2.07. The standard InChI is InChI=1S/C15H13N3OS/c1-9(16)15-18-13(8-20-15)14(19)11-4-2-6-12-10(11)5-3-7-17-12/h2-9H,16H2,1H3. The number of nitrogens with two attached hydrogens (primary N) is 1. The molecule has 0 aliphatic carbocycles. The number of carbonyl (C=O) groups excluding carboxylic acids is 1. The molecule has 3 rings (SSSR count). The van der Waals surface area contributed by atoms with Gasteiger partial charge in [0, 0.05) is 22.5 Å². The Kier molecular flexibility index (Phi) is 3.30. The highest BCUT2D eigenvalue weighted by molar-refractivity contribution is 7.09. The molecule has 0 amide bonds. The van der Waals surface area contributed by atoms with E-state index in [0.717, 1.165) is 15.9 Å². The number of thiazole rings is 1. The SMILES string of the molecule is CC(N)c1nc(C(=O)c2cccc3ncccc23)cs1. The minimum absolute atomic E-state index is 0.0910. The van der Waals surface area contributed by atoms with Gasteiger partial charge in [-0.25, -0.2) is 4.98 Å². The van der Waals surface area contributed by atoms with Gasteiger partial charge in [0.05, 0.1) is 11.6 Å². The molecular weight excluding hydrogens is 270 g/mol. The normalized spacial score (nSPS) is 12.5. The van der Waals surface area contributed by atoms with Crippen molar-refractivity contribution < 1.29 is 4.79 Å². The number of ketones is 1. The summed E-state index contributed by atoms with van der Waals surface area (Å²) in [5.74, 6) is -0.0910. The maximum atomic E-state index is 12.6. The number of pyridine rings is 1. The fourth-order valence-electron chi connectivity index (χ4n) is 2.04. The van der Waals surface area contributed by atoms with Crippen molar-refractivity contribution in [3.63, 3.8) is 0 Å². The zero-order valence-corrected chi connectivity index (χ0v) is 11.7. The van der Waals surface area contributed by atoms with Gasteiger partial charge in [-0.1, -0.05) is 18.2 Å². The molecular formula is C15H13N3OS. The van der Waals surface area contributed by atoms with Crippen LogP contribution in [0.3, 0.4) is 0 Å². The first-order valence-corrected chi connectivity index (χ1v) is 7.14. The van der Waals surface area contributed by atoms with Crippen LogP contribution in [0.5, 0.6) is 0 Å². The first kappa shape index (κ1) is 12.9. The zero-order valence-electron chi connectivity index (χ0n) is 10.9. The summed E-state index contributed by atoms with van der Waals surface area (Å²) in [5.41, 5.74) is 7.66. The molecule has 1 atom stereocenters. The molecule has 0 saturated heterocycles. The molecule has 3 aromatic rings. The molecule has 20 heavy (non-hydrogen) atoms. The molecule has 0 fully saturated rings. The molecule has 5 heteroatoms. The summed E-state index contributed by atoms with van der Waals surface area (Å²) in [5, 5.41) is 3.37. The monoisotopic (exact) mass is 283 g/mol. The van der Waals surface area contributed by atoms with E-state index in [-0.39, 0.29) is 11.8 Å². The van der Waals surface area contributed by atoms with Gasteiger partial charge in [0.2, 0.25) is 5.78 Å². The smallest absolute Gasteiger partial charge is 0.212 e. The molecule has 1 aromatic carbocycles. The fourth-order valence-corrected chi connectivity index (χ4v) is 2.80. The minimum Gasteiger partial charge on any atom is -0.322 e. The van der Waals surface area contributed by atoms with Gasteiger partial charge >= 0.3 is 0 Å². The lowest BCUT2D eigenvalue weighted by atomic mass is 10.0. The van der Waals surface area contributed by atoms with Crippen LogP contribution in [-0.4, -0.2) is 15.8 Å². The summed E-state index contributed by atoms with van der Waals surface area (Å²) in [6.45, 7) is 1.86. The van der Waals surface area contributed by atoms with E-state index in [4.69, 9.17) is 5.73 Å². The summed E-state index contributed by atoms with van der Waals surface area (Å²) in [6.07, 6.45) is 1.72. The number of aromatic nitrogens is 2. The van der Waals surface area contributed by atoms with Gasteiger partial charge in [-0.15, -0.1) is 11.3 Å². The Balaban J connectivity index is 2.08. The fraction of sp³-hybridized carbons (Fsp3) is 0.133. The topological polar surface area (TPSA) is 68.9 Å². The lowest BCUT2D eigenvalue weighted by Gasteiger charge is -2.03. The third-order valence-electron chi connectivity index (χ3n) is 3.03. The molecule has 100 valence electrons. The van der Waals surface area contributed by atoms with Gasteiger partial charge in [-0.2, -0.15) is 0 Å². The third-order valence-corrected chi connectivity index (χ3v) is 4.08. The Labute approximate surface area is 120 Å². The van der Waals surface area contributed by atoms with E-state index in [2.05, 4.69) is 9.97 Å². The highest BCUT2D eigenvalue weighted by Gasteiger charge is 2.16. The molecule has 0 radical (unpaired) electrons. The quantitative estimate of drug-likeness (QED) is 0.750. The van der Waals surface area contributed by atoms with Gasteiger partial charge in [0.15, 0.2) is 0 Å². The summed E-state index contributed by atoms with van der Waals surface area (Å²) in [7, 11) is 0. The van der Waals surface area contributed by atoms with Crippen molar-refractivity contribution in [3.05, 3.63) is 58.2 Å². The third kappa shape index (κ3) is 2.21. The second kappa shape index (κ2) is 5.11. The van der Waals surface area contributed by atoms with Crippen molar-refractivity contribution >= 4 is 28.0 Å². The Morgan fingerprint density at radius 1 is 1.30 bits per heavy atom. The van der Waals surface area contributed by atoms with Crippen LogP contribution in [-0.2, 0) is 0 Å². The average molecular weight is 283 g/mol. The van der Waals surface area contributed by atoms with E-state index in [1.165, 1.54) is 11.3 Å². The Morgan fingerprint density at radius 2 is 2.15 bits per heavy atom. The lowest BCUT2D eigenvalue weighted by molar-refractivity contribution is 0.103. The van der Waals surface area contributed by atoms with Gasteiger partial charge in [0.25, 0.3) is 0 Å². The van der Waals surface area contributed by atoms with Crippen LogP contribution in [0.15, 0.2) is 41.9 Å². The predicted molar refractivity (Wildman–Crippen MR) is 79.9 cm³/mol. The predicted octanol–water partition coefficient (Wildman–Crippen LogP) is 2.94. The number of fused-ring (bicyclic) bond motifs is 1. The molecule has 0 spiro atoms. The number of hydrogen-bond donors (Lipinski definition) is 1. The maximum absolute atomic E-state index is 12.6. The van der Waals surface area contributed by atoms with E-state index in [1.807, 2.05) is 31.2 Å². The van der Waals surface area contributed by atoms with Crippen molar-refractivity contribution in [3.8, 4) is 0 Å². The van der Waals surface area contributed by atoms with Gasteiger partial charge in [-0.3, -0.25) is 9.78 Å². The van der Waals surface area contributed by atoms with E-state index in [0.29, 0.717) is 11.3 Å². The Morgan fingerprint density at radius 3 is 2.90 bits per heavy atom. The van der Waals surface area contributed by atoms with Crippen LogP contribution in [0.2, 0.25) is 0 Å². The molecule has 4 nitrogen and oxygen atoms in total. The zero-order chi connectivity index (χ0) is 14.1. The van der Waals surface area contributed by atoms with Gasteiger partial charge in [0.1, 0.15) is 10.7 Å². The number of hydrogen-bond acceptors (Lipinski definition) is 5. The van der Waals surface area contributed by atoms with E-state index in [9.17, 15) is 4.79 Å². The highest BCUT2D eigenvalue weighted by atomic mass is 32.1. The van der Waals surface area contributed by atoms with Crippen LogP contribution in [0.25, 0.3) is 10.9 Å². The van der Waals surface area contributed by atoms with Crippen molar-refractivity contribution in [1.29, 1.82) is 0 Å². The molecule has 1 unspecified atom stereocenters. The van der Waals surface area contributed by atoms with E-state index in [1.54, 1.807) is 17.6 Å². The second-order valence-electron chi connectivity index (χ2n) is 4.56. The largest absolute Gasteiger partial charge is 0.322 e. The molecule has 0 saturated carbocycles. The second-order valence-corrected chi connectivity index (χ2v) is 5.45. The summed E-state index contributed by atoms with van der Waals surface area (Å²) < 4.78 is 0. The Bertz CT molecular complexity index is 774. The average Bonchev–Trinajstić information content (AvgIpc) is 2.96. The van der Waals surface area contributed by atoms with Crippen LogP contribution in [0.1, 0.15) is 34.0 Å². The summed E-state index contributed by atoms with van der Waals surface area (Å²) in [4.78, 5) is 21.1. The van der Waals surface area contributed by atoms with E-state index >= 15 is 0 Å². The van der Waals surface area contributed by atoms with Crippen LogP contribution in [0, 0.1) is 0 Å². The number of benzene rings is 1. The van der Waals surface area contributed by atoms with Crippen molar-refractivity contribution in [2.24, 2.45) is 5.73 Å². The number of nitrogens with zero attached hydrogens (tertiary/aromatic N) is 2. The van der Waals surface area contributed by atoms with Crippen molar-refractivity contribution in [2.45, 2.75) is 13.0 Å². The first-order chi connectivity index (χ1) is 9.66. The molecule has 0 aliphatic rings. The van der Waals surface area contributed by atoms with Crippen LogP contribution < -0.4 is 5.73 Å². The van der Waals surface area contributed by atoms with E-state index < -0.39 is 0 Å². The van der Waals surface area contributed by atoms with Crippen LogP contribution >= 0.6 is 11.3 Å². The van der Waals surface area contributed by atoms with Crippen molar-refractivity contribution in [2.75, 3.05) is 0 Å². The molecule has 2 heterocycles. The van der Waals surface area contributed by atoms with Gasteiger partial charge in [-0.05, 0) is 19.1 Å². The van der Waals surface area contributed by atoms with Crippen molar-refractivity contribution in [1.82, 2.24) is 9.97 Å². The minimum atomic E-state index is -0.157. The molecule has 0 aliphatic heterocycles.